The van der Waals surface area contributed by atoms with Crippen LogP contribution in [0.1, 0.15) is 12.2 Å². The summed E-state index contributed by atoms with van der Waals surface area (Å²) in [5.74, 6) is -0.187. The first-order valence-electron chi connectivity index (χ1n) is 9.29. The number of hydrogen-bond donors (Lipinski definition) is 1. The summed E-state index contributed by atoms with van der Waals surface area (Å²) in [5.41, 5.74) is 1.88. The van der Waals surface area contributed by atoms with Crippen LogP contribution in [0, 0.1) is 12.8 Å². The third-order valence-corrected chi connectivity index (χ3v) is 5.64. The maximum absolute atomic E-state index is 12.9. The highest BCUT2D eigenvalue weighted by molar-refractivity contribution is 9.10. The van der Waals surface area contributed by atoms with Crippen molar-refractivity contribution in [2.24, 2.45) is 5.92 Å². The maximum atomic E-state index is 12.9. The van der Waals surface area contributed by atoms with E-state index in [2.05, 4.69) is 36.8 Å². The van der Waals surface area contributed by atoms with Crippen LogP contribution in [-0.2, 0) is 9.59 Å². The van der Waals surface area contributed by atoms with Crippen molar-refractivity contribution >= 4 is 39.1 Å². The predicted molar refractivity (Wildman–Crippen MR) is 114 cm³/mol. The van der Waals surface area contributed by atoms with E-state index >= 15 is 0 Å². The molecule has 2 aromatic carbocycles. The highest BCUT2D eigenvalue weighted by atomic mass is 79.9. The molecule has 1 aliphatic heterocycles. The second-order valence-corrected chi connectivity index (χ2v) is 7.65. The molecule has 1 N–H and O–H groups in total. The largest absolute Gasteiger partial charge is 0.494 e. The fourth-order valence-electron chi connectivity index (χ4n) is 3.45. The number of ether oxygens (including phenoxy) is 1. The summed E-state index contributed by atoms with van der Waals surface area (Å²) in [6, 6.07) is 12.6. The molecule has 30 heavy (non-hydrogen) atoms. The zero-order valence-electron chi connectivity index (χ0n) is 16.4. The van der Waals surface area contributed by atoms with Crippen LogP contribution in [0.25, 0.3) is 5.69 Å². The molecule has 1 fully saturated rings. The van der Waals surface area contributed by atoms with Gasteiger partial charge in [-0.2, -0.15) is 4.68 Å². The third kappa shape index (κ3) is 3.65. The summed E-state index contributed by atoms with van der Waals surface area (Å²) >= 11 is 3.47. The number of carbonyl (C=O) groups excluding carboxylic acids is 2. The zero-order chi connectivity index (χ0) is 21.3. The van der Waals surface area contributed by atoms with Crippen LogP contribution in [0.2, 0.25) is 0 Å². The van der Waals surface area contributed by atoms with Crippen molar-refractivity contribution in [2.75, 3.05) is 23.9 Å². The van der Waals surface area contributed by atoms with Crippen LogP contribution in [0.5, 0.6) is 5.75 Å². The van der Waals surface area contributed by atoms with Crippen LogP contribution in [0.15, 0.2) is 46.9 Å². The number of anilines is 2. The van der Waals surface area contributed by atoms with Gasteiger partial charge in [-0.1, -0.05) is 12.1 Å². The number of tetrazole rings is 1. The van der Waals surface area contributed by atoms with Crippen LogP contribution in [0.4, 0.5) is 11.4 Å². The average molecular weight is 471 g/mol. The summed E-state index contributed by atoms with van der Waals surface area (Å²) < 4.78 is 7.71. The van der Waals surface area contributed by atoms with Gasteiger partial charge in [-0.25, -0.2) is 0 Å². The van der Waals surface area contributed by atoms with Gasteiger partial charge in [0.05, 0.1) is 12.8 Å². The first-order valence-corrected chi connectivity index (χ1v) is 10.1. The van der Waals surface area contributed by atoms with Crippen LogP contribution in [-0.4, -0.2) is 45.7 Å². The Bertz CT molecular complexity index is 1120. The van der Waals surface area contributed by atoms with Crippen molar-refractivity contribution < 1.29 is 14.3 Å². The van der Waals surface area contributed by atoms with E-state index < -0.39 is 5.92 Å². The quantitative estimate of drug-likeness (QED) is 0.575. The standard InChI is InChI=1S/C20H19BrN6O3/c1-12-23-24-25-27(12)17-11-13(7-8-18(17)30-2)22-19(28)14-9-10-26(20(14)29)16-6-4-3-5-15(16)21/h3-8,11,14H,9-10H2,1-2H3,(H,22,28). The van der Waals surface area contributed by atoms with Crippen LogP contribution >= 0.6 is 15.9 Å². The molecule has 4 rings (SSSR count). The van der Waals surface area contributed by atoms with Gasteiger partial charge >= 0.3 is 0 Å². The molecular formula is C20H19BrN6O3. The Morgan fingerprint density at radius 2 is 2.03 bits per heavy atom. The number of para-hydroxylation sites is 1. The molecule has 0 bridgehead atoms. The predicted octanol–water partition coefficient (Wildman–Crippen LogP) is 2.73. The summed E-state index contributed by atoms with van der Waals surface area (Å²) in [7, 11) is 1.55. The lowest BCUT2D eigenvalue weighted by molar-refractivity contribution is -0.129. The monoisotopic (exact) mass is 470 g/mol. The molecular weight excluding hydrogens is 452 g/mol. The number of hydrogen-bond acceptors (Lipinski definition) is 6. The first kappa shape index (κ1) is 20.0. The number of halogens is 1. The van der Waals surface area contributed by atoms with E-state index in [1.54, 1.807) is 37.1 Å². The molecule has 0 radical (unpaired) electrons. The summed E-state index contributed by atoms with van der Waals surface area (Å²) in [4.78, 5) is 27.4. The molecule has 0 aliphatic carbocycles. The van der Waals surface area contributed by atoms with E-state index in [-0.39, 0.29) is 11.8 Å². The molecule has 0 spiro atoms. The van der Waals surface area contributed by atoms with E-state index in [0.717, 1.165) is 10.2 Å². The van der Waals surface area contributed by atoms with Crippen molar-refractivity contribution in [3.8, 4) is 11.4 Å². The van der Waals surface area contributed by atoms with E-state index in [1.165, 1.54) is 4.68 Å². The highest BCUT2D eigenvalue weighted by Crippen LogP contribution is 2.32. The van der Waals surface area contributed by atoms with E-state index in [9.17, 15) is 9.59 Å². The Morgan fingerprint density at radius 1 is 1.23 bits per heavy atom. The number of aromatic nitrogens is 4. The highest BCUT2D eigenvalue weighted by Gasteiger charge is 2.38. The summed E-state index contributed by atoms with van der Waals surface area (Å²) in [6.45, 7) is 2.25. The number of carbonyl (C=O) groups is 2. The van der Waals surface area contributed by atoms with Crippen molar-refractivity contribution in [2.45, 2.75) is 13.3 Å². The fraction of sp³-hybridized carbons (Fsp3) is 0.250. The molecule has 2 heterocycles. The maximum Gasteiger partial charge on any atom is 0.239 e. The van der Waals surface area contributed by atoms with Gasteiger partial charge in [0.2, 0.25) is 11.8 Å². The lowest BCUT2D eigenvalue weighted by atomic mass is 10.1. The molecule has 2 amide bonds. The Labute approximate surface area is 181 Å². The van der Waals surface area contributed by atoms with Crippen molar-refractivity contribution in [3.05, 3.63) is 52.8 Å². The SMILES string of the molecule is COc1ccc(NC(=O)C2CCN(c3ccccc3Br)C2=O)cc1-n1nnnc1C. The third-order valence-electron chi connectivity index (χ3n) is 4.97. The number of amides is 2. The molecule has 10 heteroatoms. The number of benzene rings is 2. The molecule has 1 atom stereocenters. The molecule has 3 aromatic rings. The minimum Gasteiger partial charge on any atom is -0.494 e. The number of methoxy groups -OCH3 is 1. The zero-order valence-corrected chi connectivity index (χ0v) is 18.0. The molecule has 1 saturated heterocycles. The minimum atomic E-state index is -0.752. The Hall–Kier alpha value is -3.27. The first-order chi connectivity index (χ1) is 14.5. The van der Waals surface area contributed by atoms with Gasteiger partial charge in [0, 0.05) is 16.7 Å². The second-order valence-electron chi connectivity index (χ2n) is 6.80. The topological polar surface area (TPSA) is 102 Å². The molecule has 9 nitrogen and oxygen atoms in total. The van der Waals surface area contributed by atoms with E-state index in [4.69, 9.17) is 4.74 Å². The Balaban J connectivity index is 1.54. The number of nitrogens with zero attached hydrogens (tertiary/aromatic N) is 5. The van der Waals surface area contributed by atoms with Crippen molar-refractivity contribution in [1.29, 1.82) is 0 Å². The fourth-order valence-corrected chi connectivity index (χ4v) is 3.95. The number of rotatable bonds is 5. The van der Waals surface area contributed by atoms with Crippen molar-refractivity contribution in [3.63, 3.8) is 0 Å². The Morgan fingerprint density at radius 3 is 2.73 bits per heavy atom. The van der Waals surface area contributed by atoms with E-state index in [0.29, 0.717) is 35.9 Å². The number of nitrogens with one attached hydrogen (secondary N) is 1. The lowest BCUT2D eigenvalue weighted by Crippen LogP contribution is -2.33. The smallest absolute Gasteiger partial charge is 0.239 e. The average Bonchev–Trinajstić information content (AvgIpc) is 3.34. The molecule has 1 unspecified atom stereocenters. The van der Waals surface area contributed by atoms with Crippen molar-refractivity contribution in [1.82, 2.24) is 20.2 Å². The van der Waals surface area contributed by atoms with Gasteiger partial charge in [0.1, 0.15) is 17.4 Å². The van der Waals surface area contributed by atoms with E-state index in [1.807, 2.05) is 24.3 Å². The van der Waals surface area contributed by atoms with Gasteiger partial charge in [0.15, 0.2) is 5.82 Å². The lowest BCUT2D eigenvalue weighted by Gasteiger charge is -2.18. The van der Waals surface area contributed by atoms with Gasteiger partial charge in [-0.05, 0) is 70.0 Å². The van der Waals surface area contributed by atoms with Gasteiger partial charge < -0.3 is 15.0 Å². The van der Waals surface area contributed by atoms with Crippen LogP contribution < -0.4 is 15.0 Å². The molecule has 1 aliphatic rings. The van der Waals surface area contributed by atoms with Crippen LogP contribution in [0.3, 0.4) is 0 Å². The summed E-state index contributed by atoms with van der Waals surface area (Å²) in [6.07, 6.45) is 0.446. The van der Waals surface area contributed by atoms with Gasteiger partial charge in [-0.15, -0.1) is 5.10 Å². The minimum absolute atomic E-state index is 0.218. The molecule has 154 valence electrons. The normalized spacial score (nSPS) is 16.0. The molecule has 0 saturated carbocycles. The summed E-state index contributed by atoms with van der Waals surface area (Å²) in [5, 5.41) is 14.3. The number of aryl methyl sites for hydroxylation is 1. The van der Waals surface area contributed by atoms with Gasteiger partial charge in [0.25, 0.3) is 0 Å². The Kier molecular flexibility index (Phi) is 5.49. The van der Waals surface area contributed by atoms with Gasteiger partial charge in [-0.3, -0.25) is 9.59 Å². The second kappa shape index (κ2) is 8.23. The molecule has 1 aromatic heterocycles.